The van der Waals surface area contributed by atoms with Crippen LogP contribution >= 0.6 is 0 Å². The van der Waals surface area contributed by atoms with Crippen molar-refractivity contribution >= 4 is 5.91 Å². The highest BCUT2D eigenvalue weighted by Gasteiger charge is 2.40. The Balaban J connectivity index is 1.72. The van der Waals surface area contributed by atoms with E-state index in [0.717, 1.165) is 25.3 Å². The number of alkyl halides is 3. The third-order valence-electron chi connectivity index (χ3n) is 4.86. The predicted octanol–water partition coefficient (Wildman–Crippen LogP) is 3.28. The first-order valence-electron chi connectivity index (χ1n) is 7.90. The lowest BCUT2D eigenvalue weighted by Crippen LogP contribution is -2.47. The van der Waals surface area contributed by atoms with Crippen LogP contribution in [0, 0.1) is 5.41 Å². The van der Waals surface area contributed by atoms with Gasteiger partial charge in [-0.15, -0.1) is 0 Å². The fourth-order valence-corrected chi connectivity index (χ4v) is 3.62. The van der Waals surface area contributed by atoms with Crippen LogP contribution in [0.5, 0.6) is 0 Å². The monoisotopic (exact) mass is 327 g/mol. The molecule has 0 bridgehead atoms. The van der Waals surface area contributed by atoms with Crippen LogP contribution in [0.3, 0.4) is 0 Å². The molecule has 0 radical (unpaired) electrons. The molecule has 3 nitrogen and oxygen atoms in total. The number of hydrogen-bond acceptors (Lipinski definition) is 2. The van der Waals surface area contributed by atoms with E-state index in [1.807, 2.05) is 0 Å². The van der Waals surface area contributed by atoms with Crippen LogP contribution in [-0.2, 0) is 22.1 Å². The molecule has 2 fully saturated rings. The van der Waals surface area contributed by atoms with E-state index >= 15 is 0 Å². The number of nitrogens with zero attached hydrogens (tertiary/aromatic N) is 1. The SMILES string of the molecule is O=C(Cc1ccccc1C(F)(F)F)N1CCCC2(CCOC2)C1. The number of halogens is 3. The van der Waals surface area contributed by atoms with Crippen molar-refractivity contribution in [3.8, 4) is 0 Å². The van der Waals surface area contributed by atoms with E-state index in [1.165, 1.54) is 12.1 Å². The van der Waals surface area contributed by atoms with Gasteiger partial charge in [0, 0.05) is 25.1 Å². The molecular weight excluding hydrogens is 307 g/mol. The van der Waals surface area contributed by atoms with E-state index < -0.39 is 11.7 Å². The van der Waals surface area contributed by atoms with E-state index in [1.54, 1.807) is 11.0 Å². The van der Waals surface area contributed by atoms with Crippen molar-refractivity contribution in [1.82, 2.24) is 4.90 Å². The average molecular weight is 327 g/mol. The number of piperidine rings is 1. The lowest BCUT2D eigenvalue weighted by molar-refractivity contribution is -0.139. The molecule has 2 aliphatic rings. The Bertz CT molecular complexity index is 579. The summed E-state index contributed by atoms with van der Waals surface area (Å²) in [7, 11) is 0. The molecule has 126 valence electrons. The summed E-state index contributed by atoms with van der Waals surface area (Å²) in [5, 5.41) is 0. The first-order valence-corrected chi connectivity index (χ1v) is 7.90. The first kappa shape index (κ1) is 16.3. The van der Waals surface area contributed by atoms with Crippen LogP contribution in [0.25, 0.3) is 0 Å². The molecule has 2 heterocycles. The molecule has 0 saturated carbocycles. The summed E-state index contributed by atoms with van der Waals surface area (Å²) in [5.74, 6) is -0.229. The fourth-order valence-electron chi connectivity index (χ4n) is 3.62. The Morgan fingerprint density at radius 3 is 2.74 bits per heavy atom. The van der Waals surface area contributed by atoms with Crippen molar-refractivity contribution in [1.29, 1.82) is 0 Å². The summed E-state index contributed by atoms with van der Waals surface area (Å²) in [5.41, 5.74) is -0.658. The van der Waals surface area contributed by atoms with Gasteiger partial charge in [0.25, 0.3) is 0 Å². The number of hydrogen-bond donors (Lipinski definition) is 0. The van der Waals surface area contributed by atoms with E-state index in [0.29, 0.717) is 26.3 Å². The highest BCUT2D eigenvalue weighted by Crippen LogP contribution is 2.38. The highest BCUT2D eigenvalue weighted by molar-refractivity contribution is 5.79. The van der Waals surface area contributed by atoms with Crippen LogP contribution in [-0.4, -0.2) is 37.1 Å². The van der Waals surface area contributed by atoms with Gasteiger partial charge in [0.05, 0.1) is 18.6 Å². The fraction of sp³-hybridized carbons (Fsp3) is 0.588. The van der Waals surface area contributed by atoms with Crippen LogP contribution in [0.15, 0.2) is 24.3 Å². The maximum absolute atomic E-state index is 13.0. The third kappa shape index (κ3) is 3.52. The van der Waals surface area contributed by atoms with Gasteiger partial charge in [0.2, 0.25) is 5.91 Å². The second-order valence-electron chi connectivity index (χ2n) is 6.55. The quantitative estimate of drug-likeness (QED) is 0.834. The lowest BCUT2D eigenvalue weighted by Gasteiger charge is -2.39. The number of likely N-dealkylation sites (tertiary alicyclic amines) is 1. The van der Waals surface area contributed by atoms with Crippen molar-refractivity contribution in [3.05, 3.63) is 35.4 Å². The largest absolute Gasteiger partial charge is 0.416 e. The Hall–Kier alpha value is -1.56. The van der Waals surface area contributed by atoms with Gasteiger partial charge in [-0.2, -0.15) is 13.2 Å². The number of carbonyl (C=O) groups excluding carboxylic acids is 1. The van der Waals surface area contributed by atoms with Gasteiger partial charge in [-0.05, 0) is 30.9 Å². The lowest BCUT2D eigenvalue weighted by atomic mass is 9.79. The molecule has 0 aromatic heterocycles. The third-order valence-corrected chi connectivity index (χ3v) is 4.86. The van der Waals surface area contributed by atoms with Crippen LogP contribution in [0.4, 0.5) is 13.2 Å². The number of ether oxygens (including phenoxy) is 1. The molecule has 1 unspecified atom stereocenters. The van der Waals surface area contributed by atoms with Gasteiger partial charge in [0.1, 0.15) is 0 Å². The molecular formula is C17H20F3NO2. The smallest absolute Gasteiger partial charge is 0.381 e. The first-order chi connectivity index (χ1) is 10.9. The van der Waals surface area contributed by atoms with Crippen molar-refractivity contribution < 1.29 is 22.7 Å². The van der Waals surface area contributed by atoms with E-state index in [9.17, 15) is 18.0 Å². The Morgan fingerprint density at radius 1 is 1.26 bits per heavy atom. The van der Waals surface area contributed by atoms with E-state index in [-0.39, 0.29) is 23.3 Å². The molecule has 23 heavy (non-hydrogen) atoms. The molecule has 1 atom stereocenters. The van der Waals surface area contributed by atoms with Crippen LogP contribution in [0.1, 0.15) is 30.4 Å². The van der Waals surface area contributed by atoms with Gasteiger partial charge in [-0.3, -0.25) is 4.79 Å². The topological polar surface area (TPSA) is 29.5 Å². The molecule has 0 aliphatic carbocycles. The molecule has 3 rings (SSSR count). The minimum Gasteiger partial charge on any atom is -0.381 e. The predicted molar refractivity (Wildman–Crippen MR) is 78.8 cm³/mol. The van der Waals surface area contributed by atoms with Gasteiger partial charge < -0.3 is 9.64 Å². The Morgan fingerprint density at radius 2 is 2.04 bits per heavy atom. The van der Waals surface area contributed by atoms with E-state index in [4.69, 9.17) is 4.74 Å². The van der Waals surface area contributed by atoms with Gasteiger partial charge >= 0.3 is 6.18 Å². The number of rotatable bonds is 2. The molecule has 1 amide bonds. The molecule has 2 aliphatic heterocycles. The Kier molecular flexibility index (Phi) is 4.36. The molecule has 1 aromatic rings. The van der Waals surface area contributed by atoms with Gasteiger partial charge in [-0.25, -0.2) is 0 Å². The summed E-state index contributed by atoms with van der Waals surface area (Å²) in [6, 6.07) is 5.31. The maximum atomic E-state index is 13.0. The number of carbonyl (C=O) groups is 1. The summed E-state index contributed by atoms with van der Waals surface area (Å²) in [6.07, 6.45) is -1.80. The summed E-state index contributed by atoms with van der Waals surface area (Å²) in [6.45, 7) is 2.57. The molecule has 0 N–H and O–H groups in total. The van der Waals surface area contributed by atoms with Crippen LogP contribution < -0.4 is 0 Å². The zero-order valence-electron chi connectivity index (χ0n) is 12.9. The molecule has 6 heteroatoms. The van der Waals surface area contributed by atoms with Gasteiger partial charge in [-0.1, -0.05) is 18.2 Å². The molecule has 2 saturated heterocycles. The molecule has 1 spiro atoms. The van der Waals surface area contributed by atoms with Crippen molar-refractivity contribution in [2.75, 3.05) is 26.3 Å². The second-order valence-corrected chi connectivity index (χ2v) is 6.55. The maximum Gasteiger partial charge on any atom is 0.416 e. The summed E-state index contributed by atoms with van der Waals surface area (Å²) >= 11 is 0. The minimum absolute atomic E-state index is 0.0114. The van der Waals surface area contributed by atoms with Crippen molar-refractivity contribution in [2.45, 2.75) is 31.9 Å². The number of benzene rings is 1. The second kappa shape index (κ2) is 6.15. The van der Waals surface area contributed by atoms with E-state index in [2.05, 4.69) is 0 Å². The average Bonchev–Trinajstić information content (AvgIpc) is 2.94. The standard InChI is InChI=1S/C17H20F3NO2/c18-17(19,20)14-5-2-1-4-13(14)10-15(22)21-8-3-6-16(11-21)7-9-23-12-16/h1-2,4-5H,3,6-12H2. The summed E-state index contributed by atoms with van der Waals surface area (Å²) in [4.78, 5) is 14.2. The minimum atomic E-state index is -4.43. The van der Waals surface area contributed by atoms with Crippen molar-refractivity contribution in [3.63, 3.8) is 0 Å². The van der Waals surface area contributed by atoms with Crippen LogP contribution in [0.2, 0.25) is 0 Å². The Labute approximate surface area is 133 Å². The number of amides is 1. The normalized spacial score (nSPS) is 25.1. The zero-order valence-corrected chi connectivity index (χ0v) is 12.9. The van der Waals surface area contributed by atoms with Gasteiger partial charge in [0.15, 0.2) is 0 Å². The zero-order chi connectivity index (χ0) is 16.5. The summed E-state index contributed by atoms with van der Waals surface area (Å²) < 4.78 is 44.6. The molecule has 1 aromatic carbocycles. The highest BCUT2D eigenvalue weighted by atomic mass is 19.4. The van der Waals surface area contributed by atoms with Crippen molar-refractivity contribution in [2.24, 2.45) is 5.41 Å².